The number of methoxy groups -OCH3 is 1. The molecule has 27 heavy (non-hydrogen) atoms. The molecule has 1 aliphatic carbocycles. The first-order chi connectivity index (χ1) is 12.9. The van der Waals surface area contributed by atoms with Crippen LogP contribution in [0.5, 0.6) is 11.5 Å². The number of nitrogens with zero attached hydrogens (tertiary/aromatic N) is 2. The summed E-state index contributed by atoms with van der Waals surface area (Å²) in [5, 5.41) is 8.69. The minimum absolute atomic E-state index is 0.0970. The van der Waals surface area contributed by atoms with Crippen LogP contribution in [0.1, 0.15) is 25.7 Å². The van der Waals surface area contributed by atoms with Gasteiger partial charge in [0.1, 0.15) is 0 Å². The highest BCUT2D eigenvalue weighted by molar-refractivity contribution is 5.80. The van der Waals surface area contributed by atoms with Crippen LogP contribution in [0.15, 0.2) is 24.3 Å². The number of amides is 2. The summed E-state index contributed by atoms with van der Waals surface area (Å²) in [6.45, 7) is 0.331. The zero-order valence-corrected chi connectivity index (χ0v) is 15.7. The van der Waals surface area contributed by atoms with Crippen LogP contribution >= 0.6 is 0 Å². The number of aliphatic carboxylic acids is 1. The van der Waals surface area contributed by atoms with Gasteiger partial charge >= 0.3 is 5.97 Å². The zero-order valence-electron chi connectivity index (χ0n) is 15.7. The van der Waals surface area contributed by atoms with Gasteiger partial charge in [0, 0.05) is 32.6 Å². The number of carbonyl (C=O) groups is 3. The number of para-hydroxylation sites is 2. The van der Waals surface area contributed by atoms with Crippen molar-refractivity contribution in [2.75, 3.05) is 33.9 Å². The maximum atomic E-state index is 12.6. The van der Waals surface area contributed by atoms with E-state index in [-0.39, 0.29) is 43.8 Å². The second kappa shape index (κ2) is 9.80. The van der Waals surface area contributed by atoms with Gasteiger partial charge in [-0.1, -0.05) is 12.1 Å². The molecule has 2 amide bonds. The lowest BCUT2D eigenvalue weighted by Gasteiger charge is -2.24. The standard InChI is InChI=1S/C19H26N2O6/c1-20(11-10-19(24)25)17(22)9-12-21(14-7-8-14)18(23)13-27-16-6-4-3-5-15(16)26-2/h3-6,14H,7-13H2,1-2H3,(H,24,25). The molecule has 0 aliphatic heterocycles. The van der Waals surface area contributed by atoms with Crippen LogP contribution in [0.4, 0.5) is 0 Å². The lowest BCUT2D eigenvalue weighted by atomic mass is 10.3. The molecule has 0 spiro atoms. The second-order valence-electron chi connectivity index (χ2n) is 6.47. The Balaban J connectivity index is 1.84. The van der Waals surface area contributed by atoms with Crippen molar-refractivity contribution in [3.05, 3.63) is 24.3 Å². The Morgan fingerprint density at radius 1 is 1.07 bits per heavy atom. The zero-order chi connectivity index (χ0) is 19.8. The monoisotopic (exact) mass is 378 g/mol. The first kappa shape index (κ1) is 20.5. The van der Waals surface area contributed by atoms with E-state index in [1.54, 1.807) is 30.1 Å². The smallest absolute Gasteiger partial charge is 0.305 e. The van der Waals surface area contributed by atoms with Crippen LogP contribution in [0.25, 0.3) is 0 Å². The highest BCUT2D eigenvalue weighted by Crippen LogP contribution is 2.28. The fraction of sp³-hybridized carbons (Fsp3) is 0.526. The van der Waals surface area contributed by atoms with Crippen molar-refractivity contribution in [1.29, 1.82) is 0 Å². The summed E-state index contributed by atoms with van der Waals surface area (Å²) < 4.78 is 10.8. The average molecular weight is 378 g/mol. The van der Waals surface area contributed by atoms with Crippen molar-refractivity contribution < 1.29 is 29.0 Å². The van der Waals surface area contributed by atoms with E-state index in [0.29, 0.717) is 18.0 Å². The van der Waals surface area contributed by atoms with Crippen molar-refractivity contribution in [3.8, 4) is 11.5 Å². The summed E-state index contributed by atoms with van der Waals surface area (Å²) in [4.78, 5) is 38.4. The summed E-state index contributed by atoms with van der Waals surface area (Å²) in [5.74, 6) is -0.255. The summed E-state index contributed by atoms with van der Waals surface area (Å²) in [7, 11) is 3.10. The molecule has 1 aliphatic rings. The quantitative estimate of drug-likeness (QED) is 0.625. The Morgan fingerprint density at radius 2 is 1.74 bits per heavy atom. The van der Waals surface area contributed by atoms with E-state index in [1.807, 2.05) is 6.07 Å². The van der Waals surface area contributed by atoms with Gasteiger partial charge in [0.15, 0.2) is 18.1 Å². The summed E-state index contributed by atoms with van der Waals surface area (Å²) >= 11 is 0. The molecule has 1 aromatic carbocycles. The third kappa shape index (κ3) is 6.47. The fourth-order valence-corrected chi connectivity index (χ4v) is 2.65. The number of carboxylic acids is 1. The predicted octanol–water partition coefficient (Wildman–Crippen LogP) is 1.39. The molecule has 8 nitrogen and oxygen atoms in total. The summed E-state index contributed by atoms with van der Waals surface area (Å²) in [6.07, 6.45) is 1.90. The molecule has 0 unspecified atom stereocenters. The lowest BCUT2D eigenvalue weighted by Crippen LogP contribution is -2.40. The van der Waals surface area contributed by atoms with Gasteiger partial charge in [0.25, 0.3) is 5.91 Å². The van der Waals surface area contributed by atoms with E-state index in [4.69, 9.17) is 14.6 Å². The Kier molecular flexibility index (Phi) is 7.45. The molecular weight excluding hydrogens is 352 g/mol. The maximum absolute atomic E-state index is 12.6. The van der Waals surface area contributed by atoms with Gasteiger partial charge in [0.2, 0.25) is 5.91 Å². The van der Waals surface area contributed by atoms with Gasteiger partial charge in [-0.05, 0) is 25.0 Å². The van der Waals surface area contributed by atoms with E-state index >= 15 is 0 Å². The minimum atomic E-state index is -0.946. The number of benzene rings is 1. The van der Waals surface area contributed by atoms with Gasteiger partial charge < -0.3 is 24.4 Å². The number of hydrogen-bond donors (Lipinski definition) is 1. The van der Waals surface area contributed by atoms with Gasteiger partial charge in [-0.25, -0.2) is 0 Å². The SMILES string of the molecule is COc1ccccc1OCC(=O)N(CCC(=O)N(C)CCC(=O)O)C1CC1. The fourth-order valence-electron chi connectivity index (χ4n) is 2.65. The molecule has 1 fully saturated rings. The molecule has 1 saturated carbocycles. The van der Waals surface area contributed by atoms with E-state index in [2.05, 4.69) is 0 Å². The number of carbonyl (C=O) groups excluding carboxylic acids is 2. The largest absolute Gasteiger partial charge is 0.493 e. The molecule has 0 heterocycles. The van der Waals surface area contributed by atoms with Crippen LogP contribution in [0.3, 0.4) is 0 Å². The Labute approximate surface area is 158 Å². The predicted molar refractivity (Wildman–Crippen MR) is 97.7 cm³/mol. The van der Waals surface area contributed by atoms with Crippen LogP contribution in [-0.4, -0.2) is 72.6 Å². The molecule has 0 atom stereocenters. The summed E-state index contributed by atoms with van der Waals surface area (Å²) in [5.41, 5.74) is 0. The maximum Gasteiger partial charge on any atom is 0.305 e. The molecule has 0 aromatic heterocycles. The van der Waals surface area contributed by atoms with Gasteiger partial charge in [-0.2, -0.15) is 0 Å². The number of rotatable bonds is 11. The molecule has 1 N–H and O–H groups in total. The minimum Gasteiger partial charge on any atom is -0.493 e. The van der Waals surface area contributed by atoms with Gasteiger partial charge in [-0.15, -0.1) is 0 Å². The van der Waals surface area contributed by atoms with Crippen LogP contribution in [0, 0.1) is 0 Å². The van der Waals surface area contributed by atoms with Gasteiger partial charge in [0.05, 0.1) is 13.5 Å². The van der Waals surface area contributed by atoms with Crippen molar-refractivity contribution >= 4 is 17.8 Å². The van der Waals surface area contributed by atoms with Crippen LogP contribution < -0.4 is 9.47 Å². The van der Waals surface area contributed by atoms with E-state index in [0.717, 1.165) is 12.8 Å². The highest BCUT2D eigenvalue weighted by Gasteiger charge is 2.33. The molecule has 0 saturated heterocycles. The first-order valence-corrected chi connectivity index (χ1v) is 8.93. The van der Waals surface area contributed by atoms with E-state index < -0.39 is 5.97 Å². The molecule has 0 radical (unpaired) electrons. The Hall–Kier alpha value is -2.77. The molecule has 8 heteroatoms. The van der Waals surface area contributed by atoms with Crippen molar-refractivity contribution in [3.63, 3.8) is 0 Å². The van der Waals surface area contributed by atoms with E-state index in [1.165, 1.54) is 12.0 Å². The van der Waals surface area contributed by atoms with Crippen LogP contribution in [-0.2, 0) is 14.4 Å². The molecule has 148 valence electrons. The molecule has 1 aromatic rings. The van der Waals surface area contributed by atoms with E-state index in [9.17, 15) is 14.4 Å². The number of carboxylic acid groups (broad SMARTS) is 1. The van der Waals surface area contributed by atoms with Crippen molar-refractivity contribution in [2.24, 2.45) is 0 Å². The third-order valence-corrected chi connectivity index (χ3v) is 4.38. The normalized spacial score (nSPS) is 13.0. The Bertz CT molecular complexity index is 674. The number of ether oxygens (including phenoxy) is 2. The van der Waals surface area contributed by atoms with Crippen molar-refractivity contribution in [1.82, 2.24) is 9.80 Å². The first-order valence-electron chi connectivity index (χ1n) is 8.93. The third-order valence-electron chi connectivity index (χ3n) is 4.38. The van der Waals surface area contributed by atoms with Crippen molar-refractivity contribution in [2.45, 2.75) is 31.7 Å². The molecule has 0 bridgehead atoms. The number of hydrogen-bond acceptors (Lipinski definition) is 5. The van der Waals surface area contributed by atoms with Gasteiger partial charge in [-0.3, -0.25) is 14.4 Å². The molecular formula is C19H26N2O6. The Morgan fingerprint density at radius 3 is 2.33 bits per heavy atom. The average Bonchev–Trinajstić information content (AvgIpc) is 3.49. The highest BCUT2D eigenvalue weighted by atomic mass is 16.5. The summed E-state index contributed by atoms with van der Waals surface area (Å²) in [6, 6.07) is 7.25. The molecule has 2 rings (SSSR count). The van der Waals surface area contributed by atoms with Crippen LogP contribution in [0.2, 0.25) is 0 Å². The lowest BCUT2D eigenvalue weighted by molar-refractivity contribution is -0.138. The topological polar surface area (TPSA) is 96.4 Å². The second-order valence-corrected chi connectivity index (χ2v) is 6.47.